The molecular formula is C13H18ClNO4S. The number of halogens is 1. The van der Waals surface area contributed by atoms with Crippen LogP contribution in [-0.2, 0) is 16.6 Å². The first kappa shape index (κ1) is 15.6. The molecule has 0 aliphatic carbocycles. The van der Waals surface area contributed by atoms with Crippen LogP contribution in [0.2, 0.25) is 5.02 Å². The number of methoxy groups -OCH3 is 1. The van der Waals surface area contributed by atoms with Crippen molar-refractivity contribution in [3.63, 3.8) is 0 Å². The minimum absolute atomic E-state index is 0.0263. The number of aliphatic hydroxyl groups excluding tert-OH is 1. The average Bonchev–Trinajstić information content (AvgIpc) is 2.47. The van der Waals surface area contributed by atoms with Crippen LogP contribution >= 0.6 is 11.6 Å². The van der Waals surface area contributed by atoms with Crippen molar-refractivity contribution in [2.45, 2.75) is 30.8 Å². The summed E-state index contributed by atoms with van der Waals surface area (Å²) in [5, 5.41) is 9.60. The van der Waals surface area contributed by atoms with Crippen LogP contribution in [0, 0.1) is 0 Å². The Balaban J connectivity index is 2.52. The molecule has 0 atom stereocenters. The van der Waals surface area contributed by atoms with E-state index < -0.39 is 10.0 Å². The molecule has 1 N–H and O–H groups in total. The number of nitrogens with zero attached hydrogens (tertiary/aromatic N) is 1. The molecule has 0 unspecified atom stereocenters. The van der Waals surface area contributed by atoms with Gasteiger partial charge in [-0.3, -0.25) is 0 Å². The lowest BCUT2D eigenvalue weighted by Crippen LogP contribution is -2.35. The molecule has 5 nitrogen and oxygen atoms in total. The summed E-state index contributed by atoms with van der Waals surface area (Å²) in [5.41, 5.74) is 0.371. The maximum atomic E-state index is 12.7. The van der Waals surface area contributed by atoms with E-state index >= 15 is 0 Å². The molecule has 1 saturated heterocycles. The molecule has 0 bridgehead atoms. The number of hydrogen-bond acceptors (Lipinski definition) is 4. The Morgan fingerprint density at radius 1 is 1.30 bits per heavy atom. The van der Waals surface area contributed by atoms with Gasteiger partial charge >= 0.3 is 0 Å². The van der Waals surface area contributed by atoms with Gasteiger partial charge in [-0.2, -0.15) is 4.31 Å². The van der Waals surface area contributed by atoms with Gasteiger partial charge in [0.2, 0.25) is 10.0 Å². The highest BCUT2D eigenvalue weighted by Gasteiger charge is 2.30. The normalized spacial score (nSPS) is 17.1. The molecular weight excluding hydrogens is 302 g/mol. The Morgan fingerprint density at radius 3 is 2.50 bits per heavy atom. The van der Waals surface area contributed by atoms with E-state index in [9.17, 15) is 13.5 Å². The van der Waals surface area contributed by atoms with Gasteiger partial charge in [0.25, 0.3) is 0 Å². The van der Waals surface area contributed by atoms with Gasteiger partial charge in [0, 0.05) is 23.7 Å². The number of benzene rings is 1. The van der Waals surface area contributed by atoms with Crippen molar-refractivity contribution < 1.29 is 18.3 Å². The van der Waals surface area contributed by atoms with E-state index in [4.69, 9.17) is 16.3 Å². The lowest BCUT2D eigenvalue weighted by molar-refractivity contribution is 0.272. The number of rotatable bonds is 4. The third-order valence-electron chi connectivity index (χ3n) is 3.40. The Bertz CT molecular complexity index is 582. The number of hydrogen-bond donors (Lipinski definition) is 1. The lowest BCUT2D eigenvalue weighted by Gasteiger charge is -2.27. The van der Waals surface area contributed by atoms with Crippen molar-refractivity contribution in [1.82, 2.24) is 4.31 Å². The van der Waals surface area contributed by atoms with Crippen LogP contribution in [0.1, 0.15) is 24.8 Å². The van der Waals surface area contributed by atoms with Gasteiger partial charge in [-0.05, 0) is 25.0 Å². The number of ether oxygens (including phenoxy) is 1. The molecule has 0 radical (unpaired) electrons. The van der Waals surface area contributed by atoms with E-state index in [1.807, 2.05) is 0 Å². The van der Waals surface area contributed by atoms with Crippen LogP contribution in [0.4, 0.5) is 0 Å². The van der Waals surface area contributed by atoms with E-state index in [1.165, 1.54) is 23.5 Å². The number of sulfonamides is 1. The summed E-state index contributed by atoms with van der Waals surface area (Å²) in [7, 11) is -2.26. The van der Waals surface area contributed by atoms with E-state index in [-0.39, 0.29) is 22.3 Å². The molecule has 1 aromatic rings. The maximum Gasteiger partial charge on any atom is 0.246 e. The van der Waals surface area contributed by atoms with Crippen molar-refractivity contribution in [2.24, 2.45) is 0 Å². The monoisotopic (exact) mass is 319 g/mol. The Kier molecular flexibility index (Phi) is 4.90. The van der Waals surface area contributed by atoms with E-state index in [2.05, 4.69) is 0 Å². The summed E-state index contributed by atoms with van der Waals surface area (Å²) in [5.74, 6) is 0.169. The standard InChI is InChI=1S/C13H18ClNO4S/c1-19-13-10(9-16)7-11(14)8-12(13)20(17,18)15-5-3-2-4-6-15/h7-8,16H,2-6,9H2,1H3. The van der Waals surface area contributed by atoms with Gasteiger partial charge in [0.05, 0.1) is 13.7 Å². The Labute approximate surface area is 124 Å². The number of piperidine rings is 1. The van der Waals surface area contributed by atoms with Crippen LogP contribution in [0.5, 0.6) is 5.75 Å². The third-order valence-corrected chi connectivity index (χ3v) is 5.53. The Hall–Kier alpha value is -0.820. The van der Waals surface area contributed by atoms with Gasteiger partial charge in [-0.25, -0.2) is 8.42 Å². The molecule has 20 heavy (non-hydrogen) atoms. The smallest absolute Gasteiger partial charge is 0.246 e. The molecule has 1 aromatic carbocycles. The average molecular weight is 320 g/mol. The summed E-state index contributed by atoms with van der Waals surface area (Å²) in [6.45, 7) is 0.686. The molecule has 7 heteroatoms. The van der Waals surface area contributed by atoms with Crippen molar-refractivity contribution >= 4 is 21.6 Å². The molecule has 1 aliphatic rings. The van der Waals surface area contributed by atoms with Gasteiger partial charge in [-0.1, -0.05) is 18.0 Å². The highest BCUT2D eigenvalue weighted by molar-refractivity contribution is 7.89. The molecule has 1 heterocycles. The predicted octanol–water partition coefficient (Wildman–Crippen LogP) is 2.02. The molecule has 0 aromatic heterocycles. The zero-order valence-electron chi connectivity index (χ0n) is 11.3. The highest BCUT2D eigenvalue weighted by Crippen LogP contribution is 2.34. The second kappa shape index (κ2) is 6.30. The van der Waals surface area contributed by atoms with Crippen LogP contribution in [0.15, 0.2) is 17.0 Å². The van der Waals surface area contributed by atoms with Gasteiger partial charge in [-0.15, -0.1) is 0 Å². The molecule has 1 aliphatic heterocycles. The summed E-state index contributed by atoms with van der Waals surface area (Å²) in [4.78, 5) is 0.0263. The molecule has 1 fully saturated rings. The summed E-state index contributed by atoms with van der Waals surface area (Å²) < 4.78 is 32.0. The van der Waals surface area contributed by atoms with Gasteiger partial charge in [0.1, 0.15) is 10.6 Å². The topological polar surface area (TPSA) is 66.8 Å². The van der Waals surface area contributed by atoms with Crippen molar-refractivity contribution in [1.29, 1.82) is 0 Å². The van der Waals surface area contributed by atoms with Crippen LogP contribution in [-0.4, -0.2) is 38.0 Å². The van der Waals surface area contributed by atoms with Gasteiger partial charge < -0.3 is 9.84 Å². The second-order valence-electron chi connectivity index (χ2n) is 4.72. The maximum absolute atomic E-state index is 12.7. The molecule has 0 spiro atoms. The summed E-state index contributed by atoms with van der Waals surface area (Å²) in [6.07, 6.45) is 2.75. The first-order chi connectivity index (χ1) is 9.50. The van der Waals surface area contributed by atoms with E-state index in [1.54, 1.807) is 0 Å². The quantitative estimate of drug-likeness (QED) is 0.922. The zero-order chi connectivity index (χ0) is 14.8. The molecule has 0 saturated carbocycles. The SMILES string of the molecule is COc1c(CO)cc(Cl)cc1S(=O)(=O)N1CCCCC1. The largest absolute Gasteiger partial charge is 0.495 e. The van der Waals surface area contributed by atoms with Crippen LogP contribution in [0.25, 0.3) is 0 Å². The fourth-order valence-electron chi connectivity index (χ4n) is 2.41. The minimum Gasteiger partial charge on any atom is -0.495 e. The molecule has 2 rings (SSSR count). The minimum atomic E-state index is -3.65. The van der Waals surface area contributed by atoms with E-state index in [0.29, 0.717) is 18.7 Å². The van der Waals surface area contributed by atoms with Crippen molar-refractivity contribution in [2.75, 3.05) is 20.2 Å². The molecule has 112 valence electrons. The van der Waals surface area contributed by atoms with E-state index in [0.717, 1.165) is 19.3 Å². The fraction of sp³-hybridized carbons (Fsp3) is 0.538. The fourth-order valence-corrected chi connectivity index (χ4v) is 4.45. The third kappa shape index (κ3) is 2.93. The Morgan fingerprint density at radius 2 is 1.95 bits per heavy atom. The summed E-state index contributed by atoms with van der Waals surface area (Å²) in [6, 6.07) is 2.89. The predicted molar refractivity (Wildman–Crippen MR) is 76.5 cm³/mol. The zero-order valence-corrected chi connectivity index (χ0v) is 12.9. The number of aliphatic hydroxyl groups is 1. The van der Waals surface area contributed by atoms with Crippen molar-refractivity contribution in [3.8, 4) is 5.75 Å². The second-order valence-corrected chi connectivity index (χ2v) is 7.06. The summed E-state index contributed by atoms with van der Waals surface area (Å²) >= 11 is 5.95. The molecule has 0 amide bonds. The van der Waals surface area contributed by atoms with Crippen LogP contribution in [0.3, 0.4) is 0 Å². The first-order valence-corrected chi connectivity index (χ1v) is 8.30. The van der Waals surface area contributed by atoms with Gasteiger partial charge in [0.15, 0.2) is 0 Å². The highest BCUT2D eigenvalue weighted by atomic mass is 35.5. The van der Waals surface area contributed by atoms with Crippen LogP contribution < -0.4 is 4.74 Å². The van der Waals surface area contributed by atoms with Crippen molar-refractivity contribution in [3.05, 3.63) is 22.7 Å². The lowest BCUT2D eigenvalue weighted by atomic mass is 10.2. The first-order valence-electron chi connectivity index (χ1n) is 6.48.